The summed E-state index contributed by atoms with van der Waals surface area (Å²) in [5.41, 5.74) is 4.25. The van der Waals surface area contributed by atoms with Crippen molar-refractivity contribution < 1.29 is 25.5 Å². The van der Waals surface area contributed by atoms with Crippen LogP contribution in [0.2, 0.25) is 0 Å². The molecule has 8 rings (SSSR count). The lowest BCUT2D eigenvalue weighted by Gasteiger charge is -2.21. The predicted molar refractivity (Wildman–Crippen MR) is 181 cm³/mol. The van der Waals surface area contributed by atoms with Crippen molar-refractivity contribution in [3.63, 3.8) is 0 Å². The highest BCUT2D eigenvalue weighted by Crippen LogP contribution is 2.56. The molecule has 0 saturated carbocycles. The highest BCUT2D eigenvalue weighted by Gasteiger charge is 2.26. The van der Waals surface area contributed by atoms with Crippen molar-refractivity contribution in [2.75, 3.05) is 0 Å². The molecular formula is C40H26O5. The quantitative estimate of drug-likeness (QED) is 0.0806. The molecule has 0 unspecified atom stereocenters. The summed E-state index contributed by atoms with van der Waals surface area (Å²) in [7, 11) is 0. The fourth-order valence-corrected chi connectivity index (χ4v) is 6.76. The number of rotatable bonds is 3. The minimum absolute atomic E-state index is 0.187. The summed E-state index contributed by atoms with van der Waals surface area (Å²) in [4.78, 5) is 0. The Morgan fingerprint density at radius 3 is 1.22 bits per heavy atom. The van der Waals surface area contributed by atoms with E-state index in [1.807, 2.05) is 54.6 Å². The normalized spacial score (nSPS) is 11.6. The largest absolute Gasteiger partial charge is 0.504 e. The third-order valence-electron chi connectivity index (χ3n) is 8.80. The summed E-state index contributed by atoms with van der Waals surface area (Å²) in [5, 5.41) is 60.8. The molecule has 0 saturated heterocycles. The summed E-state index contributed by atoms with van der Waals surface area (Å²) in [6.07, 6.45) is 0. The van der Waals surface area contributed by atoms with E-state index in [9.17, 15) is 25.5 Å². The van der Waals surface area contributed by atoms with Crippen LogP contribution in [-0.2, 0) is 0 Å². The van der Waals surface area contributed by atoms with Crippen LogP contribution in [0.5, 0.6) is 28.7 Å². The molecule has 216 valence electrons. The van der Waals surface area contributed by atoms with Gasteiger partial charge in [-0.3, -0.25) is 0 Å². The molecule has 0 fully saturated rings. The topological polar surface area (TPSA) is 101 Å². The first-order valence-corrected chi connectivity index (χ1v) is 14.6. The maximum Gasteiger partial charge on any atom is 0.208 e. The van der Waals surface area contributed by atoms with Gasteiger partial charge in [0.2, 0.25) is 17.2 Å². The summed E-state index contributed by atoms with van der Waals surface area (Å²) in [6, 6.07) is 42.9. The van der Waals surface area contributed by atoms with Crippen LogP contribution in [0.3, 0.4) is 0 Å². The van der Waals surface area contributed by atoms with Gasteiger partial charge in [-0.15, -0.1) is 0 Å². The van der Waals surface area contributed by atoms with Gasteiger partial charge in [-0.25, -0.2) is 0 Å². The fraction of sp³-hybridized carbons (Fsp3) is 0. The molecule has 0 amide bonds. The molecule has 5 nitrogen and oxygen atoms in total. The Balaban J connectivity index is 1.59. The molecule has 0 heterocycles. The molecular weight excluding hydrogens is 560 g/mol. The zero-order valence-electron chi connectivity index (χ0n) is 23.9. The Hall–Kier alpha value is -6.20. The van der Waals surface area contributed by atoms with Crippen LogP contribution in [0.25, 0.3) is 76.5 Å². The standard InChI is InChI=1S/C40H26O5/c41-36-33(37(42)39(44)40(45)38(36)43)24-19-20-31-32(21-24)35(28-18-8-12-23-10-2-4-14-26(23)28)30-16-6-5-15-29(30)34(31)27-17-7-11-22-9-1-3-13-25(22)27/h1-21,41-45H. The van der Waals surface area contributed by atoms with Gasteiger partial charge in [0.15, 0.2) is 11.5 Å². The van der Waals surface area contributed by atoms with Gasteiger partial charge in [-0.1, -0.05) is 121 Å². The number of benzene rings is 8. The highest BCUT2D eigenvalue weighted by atomic mass is 16.4. The first-order chi connectivity index (χ1) is 21.9. The number of fused-ring (bicyclic) bond motifs is 4. The van der Waals surface area contributed by atoms with Gasteiger partial charge in [0, 0.05) is 0 Å². The van der Waals surface area contributed by atoms with Crippen LogP contribution in [0, 0.1) is 0 Å². The van der Waals surface area contributed by atoms with Crippen molar-refractivity contribution in [1.82, 2.24) is 0 Å². The van der Waals surface area contributed by atoms with Crippen molar-refractivity contribution in [3.8, 4) is 62.1 Å². The van der Waals surface area contributed by atoms with E-state index in [0.29, 0.717) is 5.56 Å². The highest BCUT2D eigenvalue weighted by molar-refractivity contribution is 6.25. The van der Waals surface area contributed by atoms with Gasteiger partial charge in [-0.05, 0) is 77.0 Å². The van der Waals surface area contributed by atoms with Crippen LogP contribution in [-0.4, -0.2) is 25.5 Å². The lowest BCUT2D eigenvalue weighted by Crippen LogP contribution is -1.93. The van der Waals surface area contributed by atoms with Crippen LogP contribution >= 0.6 is 0 Å². The SMILES string of the molecule is Oc1c(O)c(O)c(-c2ccc3c(-c4cccc5ccccc45)c4ccccc4c(-c4cccc5ccccc45)c3c2)c(O)c1O. The fourth-order valence-electron chi connectivity index (χ4n) is 6.76. The summed E-state index contributed by atoms with van der Waals surface area (Å²) in [6.45, 7) is 0. The minimum atomic E-state index is -0.991. The summed E-state index contributed by atoms with van der Waals surface area (Å²) in [5.74, 6) is -4.28. The van der Waals surface area contributed by atoms with E-state index in [0.717, 1.165) is 65.3 Å². The van der Waals surface area contributed by atoms with Crippen molar-refractivity contribution in [3.05, 3.63) is 127 Å². The van der Waals surface area contributed by atoms with Crippen molar-refractivity contribution in [1.29, 1.82) is 0 Å². The zero-order chi connectivity index (χ0) is 30.8. The number of hydrogen-bond acceptors (Lipinski definition) is 5. The zero-order valence-corrected chi connectivity index (χ0v) is 23.9. The second-order valence-corrected chi connectivity index (χ2v) is 11.2. The van der Waals surface area contributed by atoms with Gasteiger partial charge in [-0.2, -0.15) is 0 Å². The molecule has 45 heavy (non-hydrogen) atoms. The lowest BCUT2D eigenvalue weighted by atomic mass is 9.82. The van der Waals surface area contributed by atoms with Gasteiger partial charge in [0.05, 0.1) is 5.56 Å². The second-order valence-electron chi connectivity index (χ2n) is 11.2. The van der Waals surface area contributed by atoms with E-state index >= 15 is 0 Å². The maximum absolute atomic E-state index is 10.9. The van der Waals surface area contributed by atoms with E-state index in [1.54, 1.807) is 6.07 Å². The third-order valence-corrected chi connectivity index (χ3v) is 8.80. The van der Waals surface area contributed by atoms with E-state index in [1.165, 1.54) is 0 Å². The van der Waals surface area contributed by atoms with E-state index in [-0.39, 0.29) is 5.56 Å². The van der Waals surface area contributed by atoms with Crippen LogP contribution in [0.1, 0.15) is 0 Å². The van der Waals surface area contributed by atoms with Crippen LogP contribution in [0.4, 0.5) is 0 Å². The molecule has 5 N–H and O–H groups in total. The lowest BCUT2D eigenvalue weighted by molar-refractivity contribution is 0.330. The second kappa shape index (κ2) is 9.93. The number of phenolic OH excluding ortho intramolecular Hbond substituents is 5. The smallest absolute Gasteiger partial charge is 0.208 e. The molecule has 0 aliphatic rings. The Morgan fingerprint density at radius 2 is 0.689 bits per heavy atom. The van der Waals surface area contributed by atoms with Crippen molar-refractivity contribution in [2.45, 2.75) is 0 Å². The molecule has 8 aromatic rings. The van der Waals surface area contributed by atoms with Gasteiger partial charge in [0.25, 0.3) is 0 Å². The molecule has 0 aliphatic carbocycles. The molecule has 0 bridgehead atoms. The number of hydrogen-bond donors (Lipinski definition) is 5. The number of aromatic hydroxyl groups is 5. The van der Waals surface area contributed by atoms with Crippen molar-refractivity contribution >= 4 is 43.1 Å². The first kappa shape index (κ1) is 26.4. The maximum atomic E-state index is 10.9. The predicted octanol–water partition coefficient (Wildman–Crippen LogP) is 9.83. The van der Waals surface area contributed by atoms with Gasteiger partial charge < -0.3 is 25.5 Å². The summed E-state index contributed by atoms with van der Waals surface area (Å²) >= 11 is 0. The van der Waals surface area contributed by atoms with Gasteiger partial charge in [0.1, 0.15) is 0 Å². The van der Waals surface area contributed by atoms with Gasteiger partial charge >= 0.3 is 0 Å². The Morgan fingerprint density at radius 1 is 0.289 bits per heavy atom. The number of phenols is 5. The summed E-state index contributed by atoms with van der Waals surface area (Å²) < 4.78 is 0. The van der Waals surface area contributed by atoms with E-state index in [2.05, 4.69) is 66.7 Å². The average Bonchev–Trinajstić information content (AvgIpc) is 3.08. The molecule has 0 aliphatic heterocycles. The first-order valence-electron chi connectivity index (χ1n) is 14.6. The third kappa shape index (κ3) is 3.88. The van der Waals surface area contributed by atoms with Crippen LogP contribution in [0.15, 0.2) is 127 Å². The van der Waals surface area contributed by atoms with Crippen molar-refractivity contribution in [2.24, 2.45) is 0 Å². The molecule has 0 spiro atoms. The molecule has 8 aromatic carbocycles. The average molecular weight is 587 g/mol. The molecule has 0 radical (unpaired) electrons. The monoisotopic (exact) mass is 586 g/mol. The molecule has 0 aromatic heterocycles. The van der Waals surface area contributed by atoms with E-state index < -0.39 is 28.7 Å². The Bertz CT molecular complexity index is 2460. The Labute approximate surface area is 257 Å². The van der Waals surface area contributed by atoms with Crippen LogP contribution < -0.4 is 0 Å². The van der Waals surface area contributed by atoms with E-state index in [4.69, 9.17) is 0 Å². The molecule has 0 atom stereocenters. The molecule has 5 heteroatoms. The minimum Gasteiger partial charge on any atom is -0.504 e. The Kier molecular flexibility index (Phi) is 5.83.